The van der Waals surface area contributed by atoms with Crippen molar-refractivity contribution in [2.75, 3.05) is 24.5 Å². The second-order valence-corrected chi connectivity index (χ2v) is 6.71. The monoisotopic (exact) mass is 274 g/mol. The molecule has 2 rings (SSSR count). The fraction of sp³-hybridized carbons (Fsp3) is 0.667. The van der Waals surface area contributed by atoms with E-state index < -0.39 is 0 Å². The molecule has 2 nitrogen and oxygen atoms in total. The molecule has 1 saturated heterocycles. The van der Waals surface area contributed by atoms with Gasteiger partial charge in [-0.1, -0.05) is 32.9 Å². The van der Waals surface area contributed by atoms with Gasteiger partial charge >= 0.3 is 0 Å². The average Bonchev–Trinajstić information content (AvgIpc) is 2.64. The van der Waals surface area contributed by atoms with E-state index in [1.807, 2.05) is 0 Å². The van der Waals surface area contributed by atoms with Crippen molar-refractivity contribution < 1.29 is 0 Å². The molecule has 0 saturated carbocycles. The lowest BCUT2D eigenvalue weighted by Gasteiger charge is -2.23. The zero-order valence-corrected chi connectivity index (χ0v) is 13.4. The number of benzene rings is 1. The van der Waals surface area contributed by atoms with Gasteiger partial charge in [0.05, 0.1) is 0 Å². The Balaban J connectivity index is 1.87. The SMILES string of the molecule is CC(C)CNCc1ccc(N2CCCC(C)CC2)cc1. The number of rotatable bonds is 5. The molecule has 1 atom stereocenters. The molecule has 20 heavy (non-hydrogen) atoms. The first kappa shape index (κ1) is 15.4. The van der Waals surface area contributed by atoms with E-state index in [9.17, 15) is 0 Å². The Labute approximate surface area is 124 Å². The molecule has 0 radical (unpaired) electrons. The van der Waals surface area contributed by atoms with Crippen molar-refractivity contribution in [1.82, 2.24) is 5.32 Å². The first-order valence-corrected chi connectivity index (χ1v) is 8.19. The van der Waals surface area contributed by atoms with Crippen LogP contribution in [0.1, 0.15) is 45.6 Å². The van der Waals surface area contributed by atoms with Gasteiger partial charge in [0.25, 0.3) is 0 Å². The molecule has 0 aromatic heterocycles. The summed E-state index contributed by atoms with van der Waals surface area (Å²) in [6, 6.07) is 9.14. The Hall–Kier alpha value is -1.02. The molecule has 1 aromatic rings. The first-order chi connectivity index (χ1) is 9.65. The third kappa shape index (κ3) is 4.82. The molecule has 1 fully saturated rings. The second kappa shape index (κ2) is 7.68. The minimum absolute atomic E-state index is 0.716. The van der Waals surface area contributed by atoms with Crippen molar-refractivity contribution in [1.29, 1.82) is 0 Å². The summed E-state index contributed by atoms with van der Waals surface area (Å²) in [5, 5.41) is 3.50. The van der Waals surface area contributed by atoms with Crippen molar-refractivity contribution >= 4 is 5.69 Å². The number of nitrogens with one attached hydrogen (secondary N) is 1. The summed E-state index contributed by atoms with van der Waals surface area (Å²) in [5.41, 5.74) is 2.78. The maximum Gasteiger partial charge on any atom is 0.0366 e. The molecule has 1 aliphatic heterocycles. The van der Waals surface area contributed by atoms with E-state index in [0.717, 1.165) is 19.0 Å². The van der Waals surface area contributed by atoms with Crippen molar-refractivity contribution in [3.05, 3.63) is 29.8 Å². The Morgan fingerprint density at radius 3 is 2.60 bits per heavy atom. The predicted molar refractivity (Wildman–Crippen MR) is 88.2 cm³/mol. The first-order valence-electron chi connectivity index (χ1n) is 8.19. The number of nitrogens with zero attached hydrogens (tertiary/aromatic N) is 1. The van der Waals surface area contributed by atoms with Gasteiger partial charge in [0.2, 0.25) is 0 Å². The molecule has 1 aliphatic rings. The highest BCUT2D eigenvalue weighted by molar-refractivity contribution is 5.47. The van der Waals surface area contributed by atoms with Crippen LogP contribution in [-0.2, 0) is 6.54 Å². The lowest BCUT2D eigenvalue weighted by Crippen LogP contribution is -2.24. The van der Waals surface area contributed by atoms with Crippen LogP contribution in [0.4, 0.5) is 5.69 Å². The maximum absolute atomic E-state index is 3.50. The molecule has 0 bridgehead atoms. The molecule has 2 heteroatoms. The van der Waals surface area contributed by atoms with Crippen LogP contribution in [0.5, 0.6) is 0 Å². The van der Waals surface area contributed by atoms with E-state index in [1.54, 1.807) is 0 Å². The van der Waals surface area contributed by atoms with Gasteiger partial charge in [-0.3, -0.25) is 0 Å². The summed E-state index contributed by atoms with van der Waals surface area (Å²) in [6.45, 7) is 11.4. The Bertz CT molecular complexity index is 383. The molecular weight excluding hydrogens is 244 g/mol. The van der Waals surface area contributed by atoms with Crippen molar-refractivity contribution in [2.24, 2.45) is 11.8 Å². The molecule has 0 aliphatic carbocycles. The van der Waals surface area contributed by atoms with Crippen LogP contribution in [0.2, 0.25) is 0 Å². The van der Waals surface area contributed by atoms with E-state index in [4.69, 9.17) is 0 Å². The van der Waals surface area contributed by atoms with Crippen LogP contribution in [0, 0.1) is 11.8 Å². The highest BCUT2D eigenvalue weighted by Crippen LogP contribution is 2.22. The topological polar surface area (TPSA) is 15.3 Å². The van der Waals surface area contributed by atoms with Gasteiger partial charge < -0.3 is 10.2 Å². The maximum atomic E-state index is 3.50. The minimum Gasteiger partial charge on any atom is -0.372 e. The predicted octanol–water partition coefficient (Wildman–Crippen LogP) is 4.06. The lowest BCUT2D eigenvalue weighted by atomic mass is 10.0. The van der Waals surface area contributed by atoms with Gasteiger partial charge in [0.15, 0.2) is 0 Å². The third-order valence-electron chi connectivity index (χ3n) is 4.20. The van der Waals surface area contributed by atoms with Gasteiger partial charge in [0.1, 0.15) is 0 Å². The normalized spacial score (nSPS) is 20.2. The summed E-state index contributed by atoms with van der Waals surface area (Å²) in [6.07, 6.45) is 4.05. The second-order valence-electron chi connectivity index (χ2n) is 6.71. The Morgan fingerprint density at radius 1 is 1.15 bits per heavy atom. The molecule has 112 valence electrons. The standard InChI is InChI=1S/C18H30N2/c1-15(2)13-19-14-17-6-8-18(9-7-17)20-11-4-5-16(3)10-12-20/h6-9,15-16,19H,4-5,10-14H2,1-3H3. The largest absolute Gasteiger partial charge is 0.372 e. The van der Waals surface area contributed by atoms with Crippen LogP contribution < -0.4 is 10.2 Å². The van der Waals surface area contributed by atoms with Crippen molar-refractivity contribution in [2.45, 2.75) is 46.6 Å². The van der Waals surface area contributed by atoms with Crippen LogP contribution in [0.15, 0.2) is 24.3 Å². The van der Waals surface area contributed by atoms with Gasteiger partial charge in [-0.25, -0.2) is 0 Å². The molecule has 0 spiro atoms. The van der Waals surface area contributed by atoms with Crippen molar-refractivity contribution in [3.8, 4) is 0 Å². The van der Waals surface area contributed by atoms with Crippen molar-refractivity contribution in [3.63, 3.8) is 0 Å². The van der Waals surface area contributed by atoms with E-state index in [0.29, 0.717) is 5.92 Å². The molecular formula is C18H30N2. The highest BCUT2D eigenvalue weighted by atomic mass is 15.1. The van der Waals surface area contributed by atoms with E-state index in [2.05, 4.69) is 55.3 Å². The fourth-order valence-corrected chi connectivity index (χ4v) is 2.85. The zero-order chi connectivity index (χ0) is 14.4. The summed E-state index contributed by atoms with van der Waals surface area (Å²) < 4.78 is 0. The summed E-state index contributed by atoms with van der Waals surface area (Å²) in [5.74, 6) is 1.60. The quantitative estimate of drug-likeness (QED) is 0.871. The average molecular weight is 274 g/mol. The van der Waals surface area contributed by atoms with Gasteiger partial charge in [-0.05, 0) is 55.3 Å². The lowest BCUT2D eigenvalue weighted by molar-refractivity contribution is 0.521. The highest BCUT2D eigenvalue weighted by Gasteiger charge is 2.13. The summed E-state index contributed by atoms with van der Waals surface area (Å²) in [7, 11) is 0. The number of anilines is 1. The van der Waals surface area contributed by atoms with E-state index >= 15 is 0 Å². The van der Waals surface area contributed by atoms with E-state index in [-0.39, 0.29) is 0 Å². The zero-order valence-electron chi connectivity index (χ0n) is 13.4. The fourth-order valence-electron chi connectivity index (χ4n) is 2.85. The summed E-state index contributed by atoms with van der Waals surface area (Å²) >= 11 is 0. The van der Waals surface area contributed by atoms with Gasteiger partial charge in [0, 0.05) is 25.3 Å². The Kier molecular flexibility index (Phi) is 5.90. The molecule has 0 amide bonds. The number of hydrogen-bond acceptors (Lipinski definition) is 2. The smallest absolute Gasteiger partial charge is 0.0366 e. The van der Waals surface area contributed by atoms with Crippen LogP contribution in [0.3, 0.4) is 0 Å². The van der Waals surface area contributed by atoms with Crippen LogP contribution in [-0.4, -0.2) is 19.6 Å². The van der Waals surface area contributed by atoms with Crippen LogP contribution in [0.25, 0.3) is 0 Å². The summed E-state index contributed by atoms with van der Waals surface area (Å²) in [4.78, 5) is 2.55. The molecule has 1 N–H and O–H groups in total. The van der Waals surface area contributed by atoms with E-state index in [1.165, 1.54) is 43.6 Å². The molecule has 1 aromatic carbocycles. The van der Waals surface area contributed by atoms with Crippen LogP contribution >= 0.6 is 0 Å². The third-order valence-corrected chi connectivity index (χ3v) is 4.20. The van der Waals surface area contributed by atoms with Gasteiger partial charge in [-0.2, -0.15) is 0 Å². The minimum atomic E-state index is 0.716. The van der Waals surface area contributed by atoms with Gasteiger partial charge in [-0.15, -0.1) is 0 Å². The Morgan fingerprint density at radius 2 is 1.90 bits per heavy atom. The molecule has 1 heterocycles. The number of hydrogen-bond donors (Lipinski definition) is 1. The molecule has 1 unspecified atom stereocenters.